The molecular formula is C19H26N2O3S. The van der Waals surface area contributed by atoms with Gasteiger partial charge >= 0.3 is 5.97 Å². The van der Waals surface area contributed by atoms with Crippen molar-refractivity contribution >= 4 is 23.3 Å². The summed E-state index contributed by atoms with van der Waals surface area (Å²) in [6, 6.07) is 7.38. The lowest BCUT2D eigenvalue weighted by Gasteiger charge is -2.30. The normalized spacial score (nSPS) is 17.2. The van der Waals surface area contributed by atoms with Gasteiger partial charge in [0, 0.05) is 5.70 Å². The molecule has 2 N–H and O–H groups in total. The zero-order valence-corrected chi connectivity index (χ0v) is 16.0. The molecule has 0 saturated carbocycles. The number of carbonyl (C=O) groups is 1. The van der Waals surface area contributed by atoms with Gasteiger partial charge < -0.3 is 20.1 Å². The smallest absolute Gasteiger partial charge is 0.338 e. The number of nitrogens with one attached hydrogen (secondary N) is 2. The molecule has 0 saturated heterocycles. The maximum atomic E-state index is 12.5. The number of esters is 1. The first-order valence-electron chi connectivity index (χ1n) is 8.64. The second-order valence-electron chi connectivity index (χ2n) is 6.30. The Bertz CT molecular complexity index is 653. The molecule has 0 aromatic heterocycles. The number of ether oxygens (including phenoxy) is 2. The van der Waals surface area contributed by atoms with E-state index in [-0.39, 0.29) is 18.1 Å². The van der Waals surface area contributed by atoms with E-state index in [4.69, 9.17) is 21.7 Å². The van der Waals surface area contributed by atoms with Crippen molar-refractivity contribution in [2.24, 2.45) is 0 Å². The lowest BCUT2D eigenvalue weighted by Crippen LogP contribution is -2.45. The third kappa shape index (κ3) is 5.19. The summed E-state index contributed by atoms with van der Waals surface area (Å²) in [7, 11) is 0. The van der Waals surface area contributed by atoms with Crippen LogP contribution in [0.25, 0.3) is 0 Å². The Balaban J connectivity index is 2.23. The van der Waals surface area contributed by atoms with Gasteiger partial charge in [0.25, 0.3) is 0 Å². The molecule has 25 heavy (non-hydrogen) atoms. The van der Waals surface area contributed by atoms with E-state index in [1.165, 1.54) is 0 Å². The maximum absolute atomic E-state index is 12.5. The molecule has 1 heterocycles. The summed E-state index contributed by atoms with van der Waals surface area (Å²) in [6.07, 6.45) is 1.94. The Morgan fingerprint density at radius 3 is 2.56 bits per heavy atom. The molecule has 1 aliphatic rings. The van der Waals surface area contributed by atoms with E-state index in [9.17, 15) is 4.79 Å². The summed E-state index contributed by atoms with van der Waals surface area (Å²) in [4.78, 5) is 12.5. The molecule has 0 spiro atoms. The molecule has 0 amide bonds. The third-order valence-electron chi connectivity index (χ3n) is 3.81. The number of rotatable bonds is 7. The van der Waals surface area contributed by atoms with E-state index in [0.717, 1.165) is 24.2 Å². The number of thiocarbonyl (C=S) groups is 1. The van der Waals surface area contributed by atoms with Crippen molar-refractivity contribution in [2.45, 2.75) is 52.7 Å². The van der Waals surface area contributed by atoms with Crippen molar-refractivity contribution < 1.29 is 14.3 Å². The molecular weight excluding hydrogens is 336 g/mol. The molecule has 1 aliphatic heterocycles. The summed E-state index contributed by atoms with van der Waals surface area (Å²) in [5.41, 5.74) is 2.19. The quantitative estimate of drug-likeness (QED) is 0.439. The van der Waals surface area contributed by atoms with Crippen molar-refractivity contribution in [3.05, 3.63) is 41.1 Å². The van der Waals surface area contributed by atoms with E-state index in [2.05, 4.69) is 17.6 Å². The molecule has 2 rings (SSSR count). The SMILES string of the molecule is CCCCOc1ccc([C@H]2NC(=S)NC(C)=C2C(=O)OC(C)C)cc1. The second-order valence-corrected chi connectivity index (χ2v) is 6.70. The molecule has 1 aromatic carbocycles. The molecule has 1 aromatic rings. The molecule has 5 nitrogen and oxygen atoms in total. The summed E-state index contributed by atoms with van der Waals surface area (Å²) in [5, 5.41) is 6.66. The first-order valence-corrected chi connectivity index (χ1v) is 9.05. The van der Waals surface area contributed by atoms with Gasteiger partial charge in [-0.2, -0.15) is 0 Å². The Labute approximate surface area is 154 Å². The monoisotopic (exact) mass is 362 g/mol. The second kappa shape index (κ2) is 8.85. The van der Waals surface area contributed by atoms with Crippen LogP contribution in [-0.2, 0) is 9.53 Å². The molecule has 0 radical (unpaired) electrons. The van der Waals surface area contributed by atoms with Crippen molar-refractivity contribution in [1.29, 1.82) is 0 Å². The molecule has 6 heteroatoms. The molecule has 0 aliphatic carbocycles. The minimum Gasteiger partial charge on any atom is -0.494 e. The van der Waals surface area contributed by atoms with Crippen LogP contribution < -0.4 is 15.4 Å². The fraction of sp³-hybridized carbons (Fsp3) is 0.474. The fourth-order valence-corrected chi connectivity index (χ4v) is 2.85. The van der Waals surface area contributed by atoms with Crippen LogP contribution >= 0.6 is 12.2 Å². The van der Waals surface area contributed by atoms with Gasteiger partial charge in [-0.1, -0.05) is 25.5 Å². The highest BCUT2D eigenvalue weighted by Gasteiger charge is 2.31. The van der Waals surface area contributed by atoms with Crippen LogP contribution in [0.2, 0.25) is 0 Å². The zero-order valence-electron chi connectivity index (χ0n) is 15.2. The predicted octanol–water partition coefficient (Wildman–Crippen LogP) is 3.61. The molecule has 1 atom stereocenters. The van der Waals surface area contributed by atoms with Gasteiger partial charge in [0.2, 0.25) is 0 Å². The predicted molar refractivity (Wildman–Crippen MR) is 102 cm³/mol. The number of hydrogen-bond acceptors (Lipinski definition) is 4. The van der Waals surface area contributed by atoms with Crippen LogP contribution in [-0.4, -0.2) is 23.8 Å². The van der Waals surface area contributed by atoms with E-state index in [1.807, 2.05) is 45.0 Å². The Kier molecular flexibility index (Phi) is 6.82. The van der Waals surface area contributed by atoms with Gasteiger partial charge in [-0.25, -0.2) is 4.79 Å². The molecule has 0 unspecified atom stereocenters. The van der Waals surface area contributed by atoms with Gasteiger partial charge in [-0.05, 0) is 57.1 Å². The number of unbranched alkanes of at least 4 members (excludes halogenated alkanes) is 1. The Morgan fingerprint density at radius 2 is 1.96 bits per heavy atom. The number of hydrogen-bond donors (Lipinski definition) is 2. The number of allylic oxidation sites excluding steroid dienone is 1. The van der Waals surface area contributed by atoms with Gasteiger partial charge in [-0.3, -0.25) is 0 Å². The minimum absolute atomic E-state index is 0.184. The van der Waals surface area contributed by atoms with Crippen LogP contribution in [0.4, 0.5) is 0 Å². The standard InChI is InChI=1S/C19H26N2O3S/c1-5-6-11-23-15-9-7-14(8-10-15)17-16(18(22)24-12(2)3)13(4)20-19(25)21-17/h7-10,12,17H,5-6,11H2,1-4H3,(H2,20,21,25)/t17-/m1/s1. The topological polar surface area (TPSA) is 59.6 Å². The summed E-state index contributed by atoms with van der Waals surface area (Å²) in [6.45, 7) is 8.33. The number of carbonyl (C=O) groups excluding carboxylic acids is 1. The number of benzene rings is 1. The third-order valence-corrected chi connectivity index (χ3v) is 4.03. The highest BCUT2D eigenvalue weighted by Crippen LogP contribution is 2.29. The van der Waals surface area contributed by atoms with Gasteiger partial charge in [0.15, 0.2) is 5.11 Å². The van der Waals surface area contributed by atoms with Gasteiger partial charge in [0.05, 0.1) is 24.3 Å². The van der Waals surface area contributed by atoms with Crippen LogP contribution in [0.3, 0.4) is 0 Å². The summed E-state index contributed by atoms with van der Waals surface area (Å²) >= 11 is 5.25. The molecule has 0 fully saturated rings. The van der Waals surface area contributed by atoms with Crippen molar-refractivity contribution in [1.82, 2.24) is 10.6 Å². The minimum atomic E-state index is -0.344. The van der Waals surface area contributed by atoms with Crippen molar-refractivity contribution in [3.63, 3.8) is 0 Å². The van der Waals surface area contributed by atoms with Crippen LogP contribution in [0.5, 0.6) is 5.75 Å². The van der Waals surface area contributed by atoms with Crippen molar-refractivity contribution in [3.8, 4) is 5.75 Å². The van der Waals surface area contributed by atoms with Crippen LogP contribution in [0, 0.1) is 0 Å². The maximum Gasteiger partial charge on any atom is 0.338 e. The van der Waals surface area contributed by atoms with Gasteiger partial charge in [0.1, 0.15) is 5.75 Å². The fourth-order valence-electron chi connectivity index (χ4n) is 2.58. The largest absolute Gasteiger partial charge is 0.494 e. The first-order chi connectivity index (χ1) is 11.9. The van der Waals surface area contributed by atoms with Crippen molar-refractivity contribution in [2.75, 3.05) is 6.61 Å². The van der Waals surface area contributed by atoms with E-state index in [0.29, 0.717) is 23.0 Å². The highest BCUT2D eigenvalue weighted by atomic mass is 32.1. The van der Waals surface area contributed by atoms with E-state index in [1.54, 1.807) is 0 Å². The molecule has 136 valence electrons. The van der Waals surface area contributed by atoms with E-state index >= 15 is 0 Å². The highest BCUT2D eigenvalue weighted by molar-refractivity contribution is 7.80. The first kappa shape index (κ1) is 19.2. The Hall–Kier alpha value is -2.08. The Morgan fingerprint density at radius 1 is 1.28 bits per heavy atom. The van der Waals surface area contributed by atoms with Crippen LogP contribution in [0.1, 0.15) is 52.1 Å². The summed E-state index contributed by atoms with van der Waals surface area (Å²) in [5.74, 6) is 0.476. The summed E-state index contributed by atoms with van der Waals surface area (Å²) < 4.78 is 11.1. The van der Waals surface area contributed by atoms with Gasteiger partial charge in [-0.15, -0.1) is 0 Å². The van der Waals surface area contributed by atoms with E-state index < -0.39 is 0 Å². The average Bonchev–Trinajstić information content (AvgIpc) is 2.54. The molecule has 0 bridgehead atoms. The lowest BCUT2D eigenvalue weighted by molar-refractivity contribution is -0.143. The van der Waals surface area contributed by atoms with Crippen LogP contribution in [0.15, 0.2) is 35.5 Å². The zero-order chi connectivity index (χ0) is 18.4. The lowest BCUT2D eigenvalue weighted by atomic mass is 9.95. The average molecular weight is 362 g/mol.